The molecule has 0 spiro atoms. The summed E-state index contributed by atoms with van der Waals surface area (Å²) in [6.07, 6.45) is -1.24. The van der Waals surface area contributed by atoms with Gasteiger partial charge < -0.3 is 11.5 Å². The van der Waals surface area contributed by atoms with Gasteiger partial charge in [-0.05, 0) is 22.6 Å². The lowest BCUT2D eigenvalue weighted by molar-refractivity contribution is 0.148. The molecule has 0 bridgehead atoms. The Bertz CT molecular complexity index is 317. The third kappa shape index (κ3) is 2.05. The van der Waals surface area contributed by atoms with Gasteiger partial charge in [-0.25, -0.2) is 8.78 Å². The molecule has 1 rings (SSSR count). The second kappa shape index (κ2) is 4.14. The smallest absolute Gasteiger partial charge is 0.266 e. The molecule has 3 nitrogen and oxygen atoms in total. The average molecular weight is 299 g/mol. The van der Waals surface area contributed by atoms with Crippen LogP contribution in [0.3, 0.4) is 0 Å². The van der Waals surface area contributed by atoms with E-state index in [1.807, 2.05) is 0 Å². The van der Waals surface area contributed by atoms with Gasteiger partial charge in [0.1, 0.15) is 0 Å². The lowest BCUT2D eigenvalue weighted by Crippen LogP contribution is -2.08. The minimum Gasteiger partial charge on any atom is -0.397 e. The fourth-order valence-electron chi connectivity index (χ4n) is 0.940. The molecule has 0 saturated heterocycles. The molecule has 0 aliphatic heterocycles. The summed E-state index contributed by atoms with van der Waals surface area (Å²) in [5.74, 6) is 0. The van der Waals surface area contributed by atoms with Crippen LogP contribution in [0.4, 0.5) is 14.5 Å². The van der Waals surface area contributed by atoms with E-state index in [1.54, 1.807) is 22.6 Å². The molecule has 0 saturated carbocycles. The van der Waals surface area contributed by atoms with E-state index < -0.39 is 6.43 Å². The fraction of sp³-hybridized carbons (Fsp3) is 0.286. The Hall–Kier alpha value is -0.500. The van der Waals surface area contributed by atoms with E-state index in [4.69, 9.17) is 11.5 Å². The predicted octanol–water partition coefficient (Wildman–Crippen LogP) is 1.66. The Balaban J connectivity index is 3.32. The molecule has 0 amide bonds. The topological polar surface area (TPSA) is 64.9 Å². The van der Waals surface area contributed by atoms with Crippen molar-refractivity contribution in [2.75, 3.05) is 5.73 Å². The van der Waals surface area contributed by atoms with E-state index >= 15 is 0 Å². The van der Waals surface area contributed by atoms with Gasteiger partial charge in [0.2, 0.25) is 0 Å². The number of nitrogen functional groups attached to an aromatic ring is 1. The van der Waals surface area contributed by atoms with Crippen LogP contribution in [-0.2, 0) is 6.54 Å². The number of halogens is 3. The number of rotatable bonds is 2. The lowest BCUT2D eigenvalue weighted by Gasteiger charge is -2.09. The Morgan fingerprint density at radius 3 is 2.62 bits per heavy atom. The van der Waals surface area contributed by atoms with Gasteiger partial charge in [0.25, 0.3) is 6.43 Å². The molecular weight excluding hydrogens is 291 g/mol. The highest BCUT2D eigenvalue weighted by Gasteiger charge is 2.18. The summed E-state index contributed by atoms with van der Waals surface area (Å²) in [5.41, 5.74) is 11.0. The summed E-state index contributed by atoms with van der Waals surface area (Å²) in [6, 6.07) is 0. The monoisotopic (exact) mass is 299 g/mol. The highest BCUT2D eigenvalue weighted by atomic mass is 127. The van der Waals surface area contributed by atoms with Crippen LogP contribution in [0.5, 0.6) is 0 Å². The van der Waals surface area contributed by atoms with E-state index in [-0.39, 0.29) is 23.5 Å². The van der Waals surface area contributed by atoms with Gasteiger partial charge in [0.05, 0.1) is 23.1 Å². The molecule has 4 N–H and O–H groups in total. The molecule has 0 aliphatic rings. The summed E-state index contributed by atoms with van der Waals surface area (Å²) in [6.45, 7) is -0.00401. The van der Waals surface area contributed by atoms with Crippen LogP contribution >= 0.6 is 22.6 Å². The van der Waals surface area contributed by atoms with Gasteiger partial charge in [0.15, 0.2) is 0 Å². The molecule has 0 aliphatic carbocycles. The minimum atomic E-state index is -2.58. The zero-order valence-corrected chi connectivity index (χ0v) is 8.76. The van der Waals surface area contributed by atoms with Crippen molar-refractivity contribution in [1.82, 2.24) is 4.98 Å². The zero-order chi connectivity index (χ0) is 10.0. The van der Waals surface area contributed by atoms with E-state index in [0.29, 0.717) is 3.57 Å². The number of hydrogen-bond donors (Lipinski definition) is 2. The Kier molecular flexibility index (Phi) is 3.37. The first kappa shape index (κ1) is 10.6. The SMILES string of the molecule is NCc1ncc(N)c(I)c1C(F)F. The summed E-state index contributed by atoms with van der Waals surface area (Å²) < 4.78 is 25.3. The largest absolute Gasteiger partial charge is 0.397 e. The first-order valence-electron chi connectivity index (χ1n) is 3.49. The maximum absolute atomic E-state index is 12.5. The van der Waals surface area contributed by atoms with Crippen molar-refractivity contribution in [2.24, 2.45) is 5.73 Å². The third-order valence-corrected chi connectivity index (χ3v) is 2.78. The van der Waals surface area contributed by atoms with Crippen LogP contribution in [0.2, 0.25) is 0 Å². The van der Waals surface area contributed by atoms with Crippen molar-refractivity contribution in [1.29, 1.82) is 0 Å². The van der Waals surface area contributed by atoms with Gasteiger partial charge in [-0.3, -0.25) is 4.98 Å². The number of pyridine rings is 1. The normalized spacial score (nSPS) is 10.8. The van der Waals surface area contributed by atoms with Crippen molar-refractivity contribution >= 4 is 28.3 Å². The summed E-state index contributed by atoms with van der Waals surface area (Å²) >= 11 is 1.77. The molecule has 1 aromatic rings. The highest BCUT2D eigenvalue weighted by molar-refractivity contribution is 14.1. The van der Waals surface area contributed by atoms with Crippen LogP contribution in [0, 0.1) is 3.57 Å². The maximum atomic E-state index is 12.5. The molecule has 0 unspecified atom stereocenters. The van der Waals surface area contributed by atoms with E-state index in [0.717, 1.165) is 0 Å². The van der Waals surface area contributed by atoms with E-state index in [2.05, 4.69) is 4.98 Å². The van der Waals surface area contributed by atoms with Gasteiger partial charge in [-0.1, -0.05) is 0 Å². The molecule has 0 atom stereocenters. The molecular formula is C7H8F2IN3. The van der Waals surface area contributed by atoms with Crippen LogP contribution in [0.25, 0.3) is 0 Å². The average Bonchev–Trinajstić information content (AvgIpc) is 2.08. The second-order valence-electron chi connectivity index (χ2n) is 2.39. The number of alkyl halides is 2. The van der Waals surface area contributed by atoms with Crippen molar-refractivity contribution in [3.8, 4) is 0 Å². The van der Waals surface area contributed by atoms with E-state index in [1.165, 1.54) is 6.20 Å². The third-order valence-electron chi connectivity index (χ3n) is 1.57. The number of aromatic nitrogens is 1. The Labute approximate surface area is 87.7 Å². The minimum absolute atomic E-state index is 0.00401. The highest BCUT2D eigenvalue weighted by Crippen LogP contribution is 2.29. The van der Waals surface area contributed by atoms with Crippen molar-refractivity contribution in [3.63, 3.8) is 0 Å². The molecule has 0 fully saturated rings. The fourth-order valence-corrected chi connectivity index (χ4v) is 1.63. The van der Waals surface area contributed by atoms with E-state index in [9.17, 15) is 8.78 Å². The Morgan fingerprint density at radius 1 is 1.54 bits per heavy atom. The molecule has 0 radical (unpaired) electrons. The van der Waals surface area contributed by atoms with Crippen molar-refractivity contribution < 1.29 is 8.78 Å². The number of hydrogen-bond acceptors (Lipinski definition) is 3. The van der Waals surface area contributed by atoms with Crippen molar-refractivity contribution in [3.05, 3.63) is 21.0 Å². The lowest BCUT2D eigenvalue weighted by atomic mass is 10.2. The summed E-state index contributed by atoms with van der Waals surface area (Å²) in [7, 11) is 0. The summed E-state index contributed by atoms with van der Waals surface area (Å²) in [5, 5.41) is 0. The summed E-state index contributed by atoms with van der Waals surface area (Å²) in [4.78, 5) is 3.74. The van der Waals surface area contributed by atoms with Crippen molar-refractivity contribution in [2.45, 2.75) is 13.0 Å². The molecule has 1 heterocycles. The molecule has 1 aromatic heterocycles. The van der Waals surface area contributed by atoms with Gasteiger partial charge >= 0.3 is 0 Å². The van der Waals surface area contributed by atoms with Gasteiger partial charge in [-0.15, -0.1) is 0 Å². The molecule has 6 heteroatoms. The quantitative estimate of drug-likeness (QED) is 0.816. The van der Waals surface area contributed by atoms with Crippen LogP contribution in [-0.4, -0.2) is 4.98 Å². The van der Waals surface area contributed by atoms with Crippen LogP contribution in [0.15, 0.2) is 6.20 Å². The number of anilines is 1. The maximum Gasteiger partial charge on any atom is 0.266 e. The first-order chi connectivity index (χ1) is 6.07. The zero-order valence-electron chi connectivity index (χ0n) is 6.60. The van der Waals surface area contributed by atoms with Crippen LogP contribution < -0.4 is 11.5 Å². The molecule has 0 aromatic carbocycles. The van der Waals surface area contributed by atoms with Crippen LogP contribution in [0.1, 0.15) is 17.7 Å². The number of nitrogens with two attached hydrogens (primary N) is 2. The standard InChI is InChI=1S/C7H8F2IN3/c8-7(9)5-4(1-11)13-2-3(12)6(5)10/h2,7H,1,11-12H2. The molecule has 13 heavy (non-hydrogen) atoms. The van der Waals surface area contributed by atoms with Gasteiger partial charge in [0, 0.05) is 10.1 Å². The first-order valence-corrected chi connectivity index (χ1v) is 4.56. The Morgan fingerprint density at radius 2 is 2.15 bits per heavy atom. The van der Waals surface area contributed by atoms with Gasteiger partial charge in [-0.2, -0.15) is 0 Å². The molecule has 72 valence electrons. The predicted molar refractivity (Wildman–Crippen MR) is 54.2 cm³/mol. The number of nitrogens with zero attached hydrogens (tertiary/aromatic N) is 1. The second-order valence-corrected chi connectivity index (χ2v) is 3.47.